The molecule has 134 valence electrons. The molecule has 0 aromatic carbocycles. The number of fused-ring (bicyclic) bond motifs is 5. The van der Waals surface area contributed by atoms with Gasteiger partial charge in [0.15, 0.2) is 5.78 Å². The van der Waals surface area contributed by atoms with E-state index in [1.807, 2.05) is 19.9 Å². The third kappa shape index (κ3) is 1.94. The molecule has 4 aliphatic rings. The molecule has 0 aromatic heterocycles. The summed E-state index contributed by atoms with van der Waals surface area (Å²) in [5.41, 5.74) is 0.377. The van der Waals surface area contributed by atoms with E-state index in [4.69, 9.17) is 0 Å². The van der Waals surface area contributed by atoms with Crippen molar-refractivity contribution in [3.8, 4) is 0 Å². The van der Waals surface area contributed by atoms with Crippen molar-refractivity contribution in [2.75, 3.05) is 0 Å². The predicted molar refractivity (Wildman–Crippen MR) is 93.3 cm³/mol. The van der Waals surface area contributed by atoms with E-state index in [0.29, 0.717) is 18.3 Å². The first-order chi connectivity index (χ1) is 11.1. The second-order valence-electron chi connectivity index (χ2n) is 9.93. The fraction of sp³-hybridized carbons (Fsp3) is 0.857. The van der Waals surface area contributed by atoms with Crippen molar-refractivity contribution >= 4 is 5.78 Å². The molecule has 3 heteroatoms. The fourth-order valence-corrected chi connectivity index (χ4v) is 7.25. The number of hydrogen-bond acceptors (Lipinski definition) is 3. The maximum absolute atomic E-state index is 12.2. The van der Waals surface area contributed by atoms with Gasteiger partial charge in [-0.05, 0) is 74.7 Å². The highest BCUT2D eigenvalue weighted by atomic mass is 16.3. The van der Waals surface area contributed by atoms with Gasteiger partial charge in [-0.2, -0.15) is 0 Å². The summed E-state index contributed by atoms with van der Waals surface area (Å²) < 4.78 is 0. The van der Waals surface area contributed by atoms with E-state index in [1.54, 1.807) is 0 Å². The quantitative estimate of drug-likeness (QED) is 0.714. The minimum Gasteiger partial charge on any atom is -0.393 e. The number of allylic oxidation sites excluding steroid dienone is 1. The number of carbonyl (C=O) groups excluding carboxylic acids is 1. The van der Waals surface area contributed by atoms with Crippen molar-refractivity contribution in [2.24, 2.45) is 34.5 Å². The Labute approximate surface area is 145 Å². The number of hydrogen-bond donors (Lipinski definition) is 2. The van der Waals surface area contributed by atoms with Crippen LogP contribution in [0.15, 0.2) is 11.6 Å². The first kappa shape index (κ1) is 16.8. The molecule has 3 saturated carbocycles. The first-order valence-electron chi connectivity index (χ1n) is 9.75. The van der Waals surface area contributed by atoms with Crippen molar-refractivity contribution in [3.05, 3.63) is 11.6 Å². The molecule has 0 radical (unpaired) electrons. The van der Waals surface area contributed by atoms with Crippen LogP contribution in [0.1, 0.15) is 66.2 Å². The highest BCUT2D eigenvalue weighted by Gasteiger charge is 2.65. The molecule has 0 aliphatic heterocycles. The zero-order valence-corrected chi connectivity index (χ0v) is 15.5. The third-order valence-corrected chi connectivity index (χ3v) is 8.77. The summed E-state index contributed by atoms with van der Waals surface area (Å²) in [6.45, 7) is 8.49. The maximum atomic E-state index is 12.2. The number of ketones is 1. The van der Waals surface area contributed by atoms with Gasteiger partial charge in [0.25, 0.3) is 0 Å². The van der Waals surface area contributed by atoms with Crippen LogP contribution in [0, 0.1) is 34.5 Å². The van der Waals surface area contributed by atoms with E-state index in [0.717, 1.165) is 32.1 Å². The summed E-state index contributed by atoms with van der Waals surface area (Å²) >= 11 is 0. The molecule has 3 fully saturated rings. The maximum Gasteiger partial charge on any atom is 0.158 e. The molecule has 0 bridgehead atoms. The molecular formula is C21H32O3. The molecule has 8 unspecified atom stereocenters. The van der Waals surface area contributed by atoms with Gasteiger partial charge in [0.1, 0.15) is 0 Å². The molecule has 2 N–H and O–H groups in total. The Morgan fingerprint density at radius 2 is 1.88 bits per heavy atom. The SMILES string of the molecule is CC1CC2(C)C(=CC1=O)CCC1C2C(O)CC2(C)C1CCC2(C)O. The van der Waals surface area contributed by atoms with Gasteiger partial charge in [-0.25, -0.2) is 0 Å². The second kappa shape index (κ2) is 4.94. The van der Waals surface area contributed by atoms with Crippen LogP contribution in [0.2, 0.25) is 0 Å². The van der Waals surface area contributed by atoms with Crippen LogP contribution in [0.25, 0.3) is 0 Å². The molecule has 0 heterocycles. The van der Waals surface area contributed by atoms with E-state index in [9.17, 15) is 15.0 Å². The van der Waals surface area contributed by atoms with E-state index in [2.05, 4.69) is 13.8 Å². The highest BCUT2D eigenvalue weighted by Crippen LogP contribution is 2.67. The summed E-state index contributed by atoms with van der Waals surface area (Å²) in [4.78, 5) is 12.2. The fourth-order valence-electron chi connectivity index (χ4n) is 7.25. The van der Waals surface area contributed by atoms with Gasteiger partial charge < -0.3 is 10.2 Å². The van der Waals surface area contributed by atoms with Gasteiger partial charge in [-0.1, -0.05) is 26.3 Å². The molecule has 4 aliphatic carbocycles. The molecule has 3 nitrogen and oxygen atoms in total. The number of rotatable bonds is 0. The van der Waals surface area contributed by atoms with Crippen molar-refractivity contribution in [1.29, 1.82) is 0 Å². The molecule has 0 saturated heterocycles. The van der Waals surface area contributed by atoms with Gasteiger partial charge in [-0.3, -0.25) is 4.79 Å². The molecule has 4 rings (SSSR count). The molecule has 0 spiro atoms. The van der Waals surface area contributed by atoms with Crippen LogP contribution in [0.4, 0.5) is 0 Å². The van der Waals surface area contributed by atoms with Gasteiger partial charge in [0.05, 0.1) is 11.7 Å². The Morgan fingerprint density at radius 3 is 2.58 bits per heavy atom. The molecule has 0 amide bonds. The standard InChI is InChI=1S/C21H32O3/c1-12-10-19(2)13(9-16(12)22)5-6-14-15-7-8-21(4,24)20(15,3)11-17(23)18(14)19/h9,12,14-15,17-18,23-24H,5-8,10-11H2,1-4H3. The zero-order valence-electron chi connectivity index (χ0n) is 15.5. The van der Waals surface area contributed by atoms with Crippen LogP contribution in [0.3, 0.4) is 0 Å². The summed E-state index contributed by atoms with van der Waals surface area (Å²) in [5.74, 6) is 1.52. The van der Waals surface area contributed by atoms with Gasteiger partial charge in [-0.15, -0.1) is 0 Å². The lowest BCUT2D eigenvalue weighted by atomic mass is 9.45. The van der Waals surface area contributed by atoms with Crippen molar-refractivity contribution < 1.29 is 15.0 Å². The Bertz CT molecular complexity index is 606. The Balaban J connectivity index is 1.76. The molecule has 0 aromatic rings. The van der Waals surface area contributed by atoms with Gasteiger partial charge >= 0.3 is 0 Å². The Kier molecular flexibility index (Phi) is 3.46. The zero-order chi connectivity index (χ0) is 17.5. The van der Waals surface area contributed by atoms with Gasteiger partial charge in [0, 0.05) is 11.3 Å². The highest BCUT2D eigenvalue weighted by molar-refractivity contribution is 5.93. The van der Waals surface area contributed by atoms with Crippen molar-refractivity contribution in [1.82, 2.24) is 0 Å². The lowest BCUT2D eigenvalue weighted by Crippen LogP contribution is -2.59. The summed E-state index contributed by atoms with van der Waals surface area (Å²) in [7, 11) is 0. The van der Waals surface area contributed by atoms with Gasteiger partial charge in [0.2, 0.25) is 0 Å². The predicted octanol–water partition coefficient (Wildman–Crippen LogP) is 3.49. The summed E-state index contributed by atoms with van der Waals surface area (Å²) in [6, 6.07) is 0. The largest absolute Gasteiger partial charge is 0.393 e. The lowest BCUT2D eigenvalue weighted by molar-refractivity contribution is -0.167. The van der Waals surface area contributed by atoms with Crippen LogP contribution < -0.4 is 0 Å². The van der Waals surface area contributed by atoms with E-state index >= 15 is 0 Å². The minimum absolute atomic E-state index is 0.0502. The average molecular weight is 332 g/mol. The number of aliphatic hydroxyl groups excluding tert-OH is 1. The summed E-state index contributed by atoms with van der Waals surface area (Å²) in [6.07, 6.45) is 7.04. The Morgan fingerprint density at radius 1 is 1.17 bits per heavy atom. The molecular weight excluding hydrogens is 300 g/mol. The minimum atomic E-state index is -0.670. The van der Waals surface area contributed by atoms with Crippen LogP contribution in [-0.4, -0.2) is 27.7 Å². The van der Waals surface area contributed by atoms with Crippen molar-refractivity contribution in [3.63, 3.8) is 0 Å². The molecule has 8 atom stereocenters. The van der Waals surface area contributed by atoms with Crippen molar-refractivity contribution in [2.45, 2.75) is 77.9 Å². The average Bonchev–Trinajstić information content (AvgIpc) is 2.70. The topological polar surface area (TPSA) is 57.5 Å². The lowest BCUT2D eigenvalue weighted by Gasteiger charge is -2.61. The normalized spacial score (nSPS) is 57.0. The monoisotopic (exact) mass is 332 g/mol. The number of carbonyl (C=O) groups is 1. The number of aliphatic hydroxyl groups is 2. The Hall–Kier alpha value is -0.670. The van der Waals surface area contributed by atoms with E-state index in [1.165, 1.54) is 5.57 Å². The smallest absolute Gasteiger partial charge is 0.158 e. The summed E-state index contributed by atoms with van der Waals surface area (Å²) in [5, 5.41) is 22.1. The molecule has 24 heavy (non-hydrogen) atoms. The van der Waals surface area contributed by atoms with E-state index < -0.39 is 5.60 Å². The third-order valence-electron chi connectivity index (χ3n) is 8.77. The first-order valence-corrected chi connectivity index (χ1v) is 9.75. The second-order valence-corrected chi connectivity index (χ2v) is 9.93. The van der Waals surface area contributed by atoms with E-state index in [-0.39, 0.29) is 34.6 Å². The van der Waals surface area contributed by atoms with Crippen LogP contribution in [0.5, 0.6) is 0 Å². The van der Waals surface area contributed by atoms with Crippen LogP contribution >= 0.6 is 0 Å². The van der Waals surface area contributed by atoms with Crippen LogP contribution in [-0.2, 0) is 4.79 Å².